The monoisotopic (exact) mass is 324 g/mol. The van der Waals surface area contributed by atoms with Gasteiger partial charge in [0.05, 0.1) is 0 Å². The highest BCUT2D eigenvalue weighted by Gasteiger charge is 2.12. The Kier molecular flexibility index (Phi) is 5.05. The van der Waals surface area contributed by atoms with Crippen LogP contribution in [0.5, 0.6) is 6.01 Å². The van der Waals surface area contributed by atoms with Gasteiger partial charge in [0, 0.05) is 18.7 Å². The van der Waals surface area contributed by atoms with E-state index in [0.29, 0.717) is 24.1 Å². The van der Waals surface area contributed by atoms with Crippen LogP contribution in [0.25, 0.3) is 5.65 Å². The van der Waals surface area contributed by atoms with Crippen molar-refractivity contribution in [3.8, 4) is 6.01 Å². The molecule has 0 fully saturated rings. The summed E-state index contributed by atoms with van der Waals surface area (Å²) >= 11 is 0. The smallest absolute Gasteiger partial charge is 0.322 e. The number of ether oxygens (including phenoxy) is 1. The quantitative estimate of drug-likeness (QED) is 0.725. The second-order valence-corrected chi connectivity index (χ2v) is 5.52. The lowest BCUT2D eigenvalue weighted by Gasteiger charge is -2.16. The van der Waals surface area contributed by atoms with Gasteiger partial charge >= 0.3 is 6.01 Å². The highest BCUT2D eigenvalue weighted by atomic mass is 16.5. The molecule has 3 rings (SSSR count). The first kappa shape index (κ1) is 16.0. The van der Waals surface area contributed by atoms with Crippen LogP contribution >= 0.6 is 0 Å². The first-order chi connectivity index (χ1) is 11.8. The second-order valence-electron chi connectivity index (χ2n) is 5.52. The van der Waals surface area contributed by atoms with Crippen molar-refractivity contribution in [1.82, 2.24) is 19.9 Å². The molecule has 0 aliphatic heterocycles. The van der Waals surface area contributed by atoms with Gasteiger partial charge in [-0.05, 0) is 24.1 Å². The summed E-state index contributed by atoms with van der Waals surface area (Å²) in [7, 11) is 0. The van der Waals surface area contributed by atoms with E-state index < -0.39 is 0 Å². The van der Waals surface area contributed by atoms with Crippen molar-refractivity contribution in [1.29, 1.82) is 0 Å². The maximum Gasteiger partial charge on any atom is 0.322 e. The number of aromatic nitrogens is 3. The molecule has 1 aromatic carbocycles. The summed E-state index contributed by atoms with van der Waals surface area (Å²) in [5, 5.41) is 10.8. The highest BCUT2D eigenvalue weighted by Crippen LogP contribution is 2.17. The van der Waals surface area contributed by atoms with E-state index in [0.717, 1.165) is 6.42 Å². The zero-order chi connectivity index (χ0) is 16.8. The molecule has 0 saturated heterocycles. The van der Waals surface area contributed by atoms with Gasteiger partial charge in [0.15, 0.2) is 12.3 Å². The minimum Gasteiger partial charge on any atom is -0.453 e. The Bertz CT molecular complexity index is 801. The van der Waals surface area contributed by atoms with Crippen LogP contribution in [0.3, 0.4) is 0 Å². The molecular formula is C18H20N4O2. The van der Waals surface area contributed by atoms with Gasteiger partial charge in [-0.2, -0.15) is 0 Å². The van der Waals surface area contributed by atoms with Gasteiger partial charge in [-0.25, -0.2) is 0 Å². The maximum absolute atomic E-state index is 12.0. The van der Waals surface area contributed by atoms with Gasteiger partial charge < -0.3 is 10.1 Å². The van der Waals surface area contributed by atoms with Crippen LogP contribution < -0.4 is 10.1 Å². The summed E-state index contributed by atoms with van der Waals surface area (Å²) in [6.45, 7) is 2.62. The van der Waals surface area contributed by atoms with Gasteiger partial charge in [-0.15, -0.1) is 5.10 Å². The third-order valence-electron chi connectivity index (χ3n) is 3.92. The fourth-order valence-corrected chi connectivity index (χ4v) is 2.56. The number of nitrogens with zero attached hydrogens (tertiary/aromatic N) is 3. The lowest BCUT2D eigenvalue weighted by atomic mass is 9.96. The summed E-state index contributed by atoms with van der Waals surface area (Å²) in [6, 6.07) is 16.0. The highest BCUT2D eigenvalue weighted by molar-refractivity contribution is 5.77. The van der Waals surface area contributed by atoms with Crippen LogP contribution in [0.2, 0.25) is 0 Å². The van der Waals surface area contributed by atoms with E-state index >= 15 is 0 Å². The zero-order valence-electron chi connectivity index (χ0n) is 13.6. The molecule has 1 atom stereocenters. The van der Waals surface area contributed by atoms with Crippen molar-refractivity contribution in [3.05, 3.63) is 60.3 Å². The molecule has 6 nitrogen and oxygen atoms in total. The molecule has 0 unspecified atom stereocenters. The van der Waals surface area contributed by atoms with E-state index in [1.54, 1.807) is 10.6 Å². The minimum absolute atomic E-state index is 0.0824. The molecule has 0 radical (unpaired) electrons. The second kappa shape index (κ2) is 7.59. The standard InChI is InChI=1S/C18H20N4O2/c1-2-14(15-8-4-3-5-9-15)12-19-17(23)13-24-18-21-20-16-10-6-7-11-22(16)18/h3-11,14H,2,12-13H2,1H3,(H,19,23)/t14-/m1/s1. The Morgan fingerprint density at radius 2 is 1.96 bits per heavy atom. The molecule has 0 spiro atoms. The molecule has 2 heterocycles. The van der Waals surface area contributed by atoms with Crippen LogP contribution in [0, 0.1) is 0 Å². The Morgan fingerprint density at radius 3 is 2.75 bits per heavy atom. The van der Waals surface area contributed by atoms with Crippen molar-refractivity contribution in [2.24, 2.45) is 0 Å². The third kappa shape index (κ3) is 3.71. The summed E-state index contributed by atoms with van der Waals surface area (Å²) in [5.41, 5.74) is 1.91. The summed E-state index contributed by atoms with van der Waals surface area (Å²) in [4.78, 5) is 12.0. The zero-order valence-corrected chi connectivity index (χ0v) is 13.6. The Hall–Kier alpha value is -2.89. The molecule has 124 valence electrons. The number of pyridine rings is 1. The number of nitrogens with one attached hydrogen (secondary N) is 1. The third-order valence-corrected chi connectivity index (χ3v) is 3.92. The average Bonchev–Trinajstić information content (AvgIpc) is 3.04. The maximum atomic E-state index is 12.0. The van der Waals surface area contributed by atoms with Crippen LogP contribution in [0.1, 0.15) is 24.8 Å². The molecule has 1 amide bonds. The van der Waals surface area contributed by atoms with Gasteiger partial charge in [-0.1, -0.05) is 48.4 Å². The number of carbonyl (C=O) groups excluding carboxylic acids is 1. The van der Waals surface area contributed by atoms with E-state index in [-0.39, 0.29) is 12.5 Å². The molecule has 0 saturated carbocycles. The number of hydrogen-bond donors (Lipinski definition) is 1. The van der Waals surface area contributed by atoms with E-state index in [4.69, 9.17) is 4.74 Å². The van der Waals surface area contributed by atoms with Crippen LogP contribution in [-0.4, -0.2) is 33.7 Å². The van der Waals surface area contributed by atoms with Gasteiger partial charge in [0.25, 0.3) is 5.91 Å². The molecule has 0 bridgehead atoms. The molecule has 3 aromatic rings. The minimum atomic E-state index is -0.169. The van der Waals surface area contributed by atoms with Crippen molar-refractivity contribution in [2.75, 3.05) is 13.2 Å². The van der Waals surface area contributed by atoms with Crippen LogP contribution in [0.15, 0.2) is 54.7 Å². The largest absolute Gasteiger partial charge is 0.453 e. The SMILES string of the molecule is CC[C@H](CNC(=O)COc1nnc2ccccn12)c1ccccc1. The van der Waals surface area contributed by atoms with E-state index in [2.05, 4.69) is 34.6 Å². The number of fused-ring (bicyclic) bond motifs is 1. The molecule has 0 aliphatic carbocycles. The van der Waals surface area contributed by atoms with Gasteiger partial charge in [0.2, 0.25) is 0 Å². The summed E-state index contributed by atoms with van der Waals surface area (Å²) in [6.07, 6.45) is 2.76. The Morgan fingerprint density at radius 1 is 1.17 bits per heavy atom. The molecular weight excluding hydrogens is 304 g/mol. The van der Waals surface area contributed by atoms with Gasteiger partial charge in [0.1, 0.15) is 0 Å². The number of amides is 1. The number of hydrogen-bond acceptors (Lipinski definition) is 4. The van der Waals surface area contributed by atoms with E-state index in [1.807, 2.05) is 36.4 Å². The van der Waals surface area contributed by atoms with E-state index in [9.17, 15) is 4.79 Å². The fraction of sp³-hybridized carbons (Fsp3) is 0.278. The summed E-state index contributed by atoms with van der Waals surface area (Å²) in [5.74, 6) is 0.126. The lowest BCUT2D eigenvalue weighted by molar-refractivity contribution is -0.123. The molecule has 6 heteroatoms. The number of rotatable bonds is 7. The number of carbonyl (C=O) groups is 1. The predicted octanol–water partition coefficient (Wildman–Crippen LogP) is 2.42. The lowest BCUT2D eigenvalue weighted by Crippen LogP contribution is -2.32. The molecule has 24 heavy (non-hydrogen) atoms. The predicted molar refractivity (Wildman–Crippen MR) is 91.0 cm³/mol. The van der Waals surface area contributed by atoms with Crippen LogP contribution in [-0.2, 0) is 4.79 Å². The topological polar surface area (TPSA) is 68.5 Å². The van der Waals surface area contributed by atoms with Gasteiger partial charge in [-0.3, -0.25) is 9.20 Å². The first-order valence-electron chi connectivity index (χ1n) is 8.02. The average molecular weight is 324 g/mol. The summed E-state index contributed by atoms with van der Waals surface area (Å²) < 4.78 is 7.17. The van der Waals surface area contributed by atoms with Crippen molar-refractivity contribution >= 4 is 11.6 Å². The molecule has 1 N–H and O–H groups in total. The normalized spacial score (nSPS) is 12.0. The Balaban J connectivity index is 1.52. The first-order valence-corrected chi connectivity index (χ1v) is 8.02. The fourth-order valence-electron chi connectivity index (χ4n) is 2.56. The Labute approximate surface area is 140 Å². The number of benzene rings is 1. The molecule has 0 aliphatic rings. The van der Waals surface area contributed by atoms with E-state index in [1.165, 1.54) is 5.56 Å². The van der Waals surface area contributed by atoms with Crippen molar-refractivity contribution in [3.63, 3.8) is 0 Å². The molecule has 2 aromatic heterocycles. The van der Waals surface area contributed by atoms with Crippen molar-refractivity contribution in [2.45, 2.75) is 19.3 Å². The van der Waals surface area contributed by atoms with Crippen LogP contribution in [0.4, 0.5) is 0 Å². The van der Waals surface area contributed by atoms with Crippen molar-refractivity contribution < 1.29 is 9.53 Å².